The molecule has 0 N–H and O–H groups in total. The third-order valence-corrected chi connectivity index (χ3v) is 5.96. The molecular formula is C25H26FN5O3. The maximum atomic E-state index is 13.8. The number of halogens is 1. The van der Waals surface area contributed by atoms with Gasteiger partial charge < -0.3 is 9.80 Å². The summed E-state index contributed by atoms with van der Waals surface area (Å²) in [5.74, 6) is 0.957. The highest BCUT2D eigenvalue weighted by Gasteiger charge is 2.24. The lowest BCUT2D eigenvalue weighted by atomic mass is 10.0. The molecule has 1 aliphatic rings. The average Bonchev–Trinajstić information content (AvgIpc) is 3.06. The summed E-state index contributed by atoms with van der Waals surface area (Å²) in [6.07, 6.45) is 1.23. The van der Waals surface area contributed by atoms with Crippen LogP contribution in [0, 0.1) is 29.8 Å². The van der Waals surface area contributed by atoms with E-state index in [0.29, 0.717) is 44.0 Å². The molecule has 0 radical (unpaired) electrons. The summed E-state index contributed by atoms with van der Waals surface area (Å²) in [7, 11) is 0. The largest absolute Gasteiger partial charge is 0.354 e. The first kappa shape index (κ1) is 23.3. The van der Waals surface area contributed by atoms with Crippen LogP contribution in [0.5, 0.6) is 0 Å². The molecule has 34 heavy (non-hydrogen) atoms. The number of carbonyl (C=O) groups excluding carboxylic acids is 1. The van der Waals surface area contributed by atoms with Gasteiger partial charge in [0.25, 0.3) is 11.6 Å². The number of nitro groups is 1. The fraction of sp³-hybridized carbons (Fsp3) is 0.320. The molecule has 1 aromatic heterocycles. The first-order chi connectivity index (χ1) is 16.3. The minimum absolute atomic E-state index is 0.101. The van der Waals surface area contributed by atoms with E-state index in [2.05, 4.69) is 9.88 Å². The Morgan fingerprint density at radius 3 is 2.62 bits per heavy atom. The zero-order valence-electron chi connectivity index (χ0n) is 19.2. The number of nitro benzene ring substituents is 1. The molecule has 8 nitrogen and oxygen atoms in total. The van der Waals surface area contributed by atoms with Crippen molar-refractivity contribution >= 4 is 17.4 Å². The number of hydrogen-bond donors (Lipinski definition) is 0. The second-order valence-electron chi connectivity index (χ2n) is 8.41. The fourth-order valence-electron chi connectivity index (χ4n) is 4.30. The number of benzene rings is 2. The summed E-state index contributed by atoms with van der Waals surface area (Å²) < 4.78 is 13.8. The zero-order chi connectivity index (χ0) is 24.2. The average molecular weight is 464 g/mol. The Morgan fingerprint density at radius 1 is 1.06 bits per heavy atom. The monoisotopic (exact) mass is 463 g/mol. The molecule has 2 heterocycles. The standard InChI is InChI=1S/C25H26FN5O3/c1-17-23(15-19-6-3-8-21(26)14-19)24(28-18(2)27-17)29-10-5-11-30(13-12-29)25(32)20-7-4-9-22(16-20)31(33)34/h3-4,6-9,14,16H,5,10-13,15H2,1-2H3. The highest BCUT2D eigenvalue weighted by Crippen LogP contribution is 2.26. The van der Waals surface area contributed by atoms with E-state index in [-0.39, 0.29) is 17.4 Å². The Hall–Kier alpha value is -3.88. The summed E-state index contributed by atoms with van der Waals surface area (Å²) in [5.41, 5.74) is 2.84. The number of non-ortho nitro benzene ring substituents is 1. The van der Waals surface area contributed by atoms with Crippen molar-refractivity contribution in [3.8, 4) is 0 Å². The molecule has 0 atom stereocenters. The Bertz CT molecular complexity index is 1230. The first-order valence-corrected chi connectivity index (χ1v) is 11.2. The SMILES string of the molecule is Cc1nc(C)c(Cc2cccc(F)c2)c(N2CCCN(C(=O)c3cccc([N+](=O)[O-])c3)CC2)n1. The van der Waals surface area contributed by atoms with Crippen LogP contribution >= 0.6 is 0 Å². The van der Waals surface area contributed by atoms with Crippen molar-refractivity contribution in [1.29, 1.82) is 0 Å². The van der Waals surface area contributed by atoms with Crippen molar-refractivity contribution in [1.82, 2.24) is 14.9 Å². The topological polar surface area (TPSA) is 92.5 Å². The van der Waals surface area contributed by atoms with Gasteiger partial charge in [-0.05, 0) is 44.0 Å². The van der Waals surface area contributed by atoms with Crippen LogP contribution in [-0.2, 0) is 6.42 Å². The van der Waals surface area contributed by atoms with Gasteiger partial charge in [-0.25, -0.2) is 14.4 Å². The molecule has 9 heteroatoms. The maximum absolute atomic E-state index is 13.8. The molecule has 0 spiro atoms. The van der Waals surface area contributed by atoms with Crippen LogP contribution in [0.4, 0.5) is 15.9 Å². The minimum atomic E-state index is -0.499. The molecular weight excluding hydrogens is 437 g/mol. The predicted octanol–water partition coefficient (Wildman–Crippen LogP) is 4.08. The second-order valence-corrected chi connectivity index (χ2v) is 8.41. The van der Waals surface area contributed by atoms with Gasteiger partial charge in [-0.2, -0.15) is 0 Å². The molecule has 4 rings (SSSR count). The van der Waals surface area contributed by atoms with E-state index in [1.807, 2.05) is 19.9 Å². The van der Waals surface area contributed by atoms with Crippen LogP contribution in [-0.4, -0.2) is 51.9 Å². The lowest BCUT2D eigenvalue weighted by Gasteiger charge is -2.26. The number of rotatable bonds is 5. The van der Waals surface area contributed by atoms with Crippen LogP contribution in [0.25, 0.3) is 0 Å². The number of nitrogens with zero attached hydrogens (tertiary/aromatic N) is 5. The molecule has 0 unspecified atom stereocenters. The molecule has 0 aliphatic carbocycles. The van der Waals surface area contributed by atoms with Crippen LogP contribution in [0.2, 0.25) is 0 Å². The number of aromatic nitrogens is 2. The molecule has 1 fully saturated rings. The first-order valence-electron chi connectivity index (χ1n) is 11.2. The highest BCUT2D eigenvalue weighted by molar-refractivity contribution is 5.94. The van der Waals surface area contributed by atoms with E-state index in [9.17, 15) is 19.3 Å². The Labute approximate surface area is 197 Å². The lowest BCUT2D eigenvalue weighted by molar-refractivity contribution is -0.384. The summed E-state index contributed by atoms with van der Waals surface area (Å²) in [5, 5.41) is 11.1. The van der Waals surface area contributed by atoms with Crippen LogP contribution < -0.4 is 4.90 Å². The van der Waals surface area contributed by atoms with Crippen molar-refractivity contribution in [2.45, 2.75) is 26.7 Å². The van der Waals surface area contributed by atoms with Gasteiger partial charge in [0.05, 0.1) is 4.92 Å². The normalized spacial score (nSPS) is 14.1. The van der Waals surface area contributed by atoms with Crippen LogP contribution in [0.15, 0.2) is 48.5 Å². The quantitative estimate of drug-likeness (QED) is 0.418. The Kier molecular flexibility index (Phi) is 6.81. The number of aryl methyl sites for hydroxylation is 2. The number of amides is 1. The van der Waals surface area contributed by atoms with Crippen molar-refractivity contribution in [3.63, 3.8) is 0 Å². The van der Waals surface area contributed by atoms with Gasteiger partial charge in [-0.15, -0.1) is 0 Å². The third kappa shape index (κ3) is 5.19. The molecule has 1 saturated heterocycles. The summed E-state index contributed by atoms with van der Waals surface area (Å²) >= 11 is 0. The van der Waals surface area contributed by atoms with E-state index in [0.717, 1.165) is 29.1 Å². The number of carbonyl (C=O) groups is 1. The summed E-state index contributed by atoms with van der Waals surface area (Å²) in [4.78, 5) is 36.8. The van der Waals surface area contributed by atoms with E-state index in [1.54, 1.807) is 17.0 Å². The fourth-order valence-corrected chi connectivity index (χ4v) is 4.30. The Morgan fingerprint density at radius 2 is 1.85 bits per heavy atom. The highest BCUT2D eigenvalue weighted by atomic mass is 19.1. The Balaban J connectivity index is 1.56. The molecule has 2 aromatic carbocycles. The molecule has 1 aliphatic heterocycles. The van der Waals surface area contributed by atoms with Gasteiger partial charge in [0.1, 0.15) is 17.5 Å². The van der Waals surface area contributed by atoms with E-state index in [4.69, 9.17) is 4.98 Å². The van der Waals surface area contributed by atoms with E-state index >= 15 is 0 Å². The summed E-state index contributed by atoms with van der Waals surface area (Å²) in [6, 6.07) is 12.3. The molecule has 0 bridgehead atoms. The van der Waals surface area contributed by atoms with Gasteiger partial charge in [0, 0.05) is 61.6 Å². The zero-order valence-corrected chi connectivity index (χ0v) is 19.2. The van der Waals surface area contributed by atoms with Crippen LogP contribution in [0.3, 0.4) is 0 Å². The van der Waals surface area contributed by atoms with Gasteiger partial charge in [-0.1, -0.05) is 18.2 Å². The molecule has 1 amide bonds. The summed E-state index contributed by atoms with van der Waals surface area (Å²) in [6.45, 7) is 6.04. The van der Waals surface area contributed by atoms with Gasteiger partial charge in [0.15, 0.2) is 0 Å². The van der Waals surface area contributed by atoms with Gasteiger partial charge in [-0.3, -0.25) is 14.9 Å². The van der Waals surface area contributed by atoms with Gasteiger partial charge in [0.2, 0.25) is 0 Å². The predicted molar refractivity (Wildman–Crippen MR) is 127 cm³/mol. The van der Waals surface area contributed by atoms with Crippen molar-refractivity contribution < 1.29 is 14.1 Å². The minimum Gasteiger partial charge on any atom is -0.354 e. The third-order valence-electron chi connectivity index (χ3n) is 5.96. The van der Waals surface area contributed by atoms with Crippen LogP contribution in [0.1, 0.15) is 39.4 Å². The molecule has 3 aromatic rings. The number of anilines is 1. The van der Waals surface area contributed by atoms with E-state index in [1.165, 1.54) is 30.3 Å². The van der Waals surface area contributed by atoms with E-state index < -0.39 is 4.92 Å². The molecule has 0 saturated carbocycles. The van der Waals surface area contributed by atoms with Crippen molar-refractivity contribution in [2.75, 3.05) is 31.1 Å². The number of hydrogen-bond acceptors (Lipinski definition) is 6. The smallest absolute Gasteiger partial charge is 0.270 e. The molecule has 176 valence electrons. The van der Waals surface area contributed by atoms with Crippen molar-refractivity contribution in [3.05, 3.63) is 92.7 Å². The maximum Gasteiger partial charge on any atom is 0.270 e. The van der Waals surface area contributed by atoms with Crippen molar-refractivity contribution in [2.24, 2.45) is 0 Å². The lowest BCUT2D eigenvalue weighted by Crippen LogP contribution is -2.35. The van der Waals surface area contributed by atoms with Gasteiger partial charge >= 0.3 is 0 Å². The second kappa shape index (κ2) is 9.94.